The predicted molar refractivity (Wildman–Crippen MR) is 73.1 cm³/mol. The van der Waals surface area contributed by atoms with Gasteiger partial charge in [0.1, 0.15) is 6.33 Å². The lowest BCUT2D eigenvalue weighted by Gasteiger charge is -2.12. The first kappa shape index (κ1) is 10.9. The highest BCUT2D eigenvalue weighted by molar-refractivity contribution is 5.99. The quantitative estimate of drug-likeness (QED) is 0.776. The number of hydrogen-bond acceptors (Lipinski definition) is 4. The minimum atomic E-state index is -0.567. The molecule has 0 saturated heterocycles. The molecule has 98 valence electrons. The second kappa shape index (κ2) is 4.93. The molecule has 1 amide bonds. The number of nitrogens with zero attached hydrogens (tertiary/aromatic N) is 4. The number of benzene rings is 1. The third-order valence-electron chi connectivity index (χ3n) is 2.84. The minimum Gasteiger partial charge on any atom is -0.366 e. The van der Waals surface area contributed by atoms with Gasteiger partial charge in [-0.05, 0) is 18.2 Å². The Labute approximate surface area is 116 Å². The fourth-order valence-corrected chi connectivity index (χ4v) is 2.00. The van der Waals surface area contributed by atoms with Crippen molar-refractivity contribution in [3.63, 3.8) is 0 Å². The molecule has 0 aliphatic carbocycles. The summed E-state index contributed by atoms with van der Waals surface area (Å²) in [6.07, 6.45) is 5.94. The van der Waals surface area contributed by atoms with Crippen LogP contribution in [0.3, 0.4) is 0 Å². The first-order valence-electron chi connectivity index (χ1n) is 6.37. The molecule has 6 nitrogen and oxygen atoms in total. The third-order valence-corrected chi connectivity index (χ3v) is 2.84. The number of aromatic nitrogens is 4. The van der Waals surface area contributed by atoms with Crippen molar-refractivity contribution in [2.75, 3.05) is 0 Å². The molecule has 3 aromatic rings. The summed E-state index contributed by atoms with van der Waals surface area (Å²) in [7, 11) is 0. The van der Waals surface area contributed by atoms with Crippen LogP contribution in [0.4, 0.5) is 0 Å². The number of nitrogens with two attached hydrogens (primary N) is 1. The molecule has 6 heteroatoms. The van der Waals surface area contributed by atoms with E-state index >= 15 is 0 Å². The average Bonchev–Trinajstić information content (AvgIpc) is 2.93. The van der Waals surface area contributed by atoms with Crippen molar-refractivity contribution in [2.24, 2.45) is 5.73 Å². The van der Waals surface area contributed by atoms with Gasteiger partial charge >= 0.3 is 0 Å². The standard InChI is InChI=1S/C14H11N5O/c15-14(20)11-4-1-3-10(12-5-7-16-9-17-12)13(11)19-8-2-6-18-19/h1-9H,(H2,15,20)/i2D. The molecule has 2 heterocycles. The van der Waals surface area contributed by atoms with Crippen LogP contribution in [0, 0.1) is 0 Å². The van der Waals surface area contributed by atoms with Crippen LogP contribution in [-0.2, 0) is 0 Å². The predicted octanol–water partition coefficient (Wildman–Crippen LogP) is 1.43. The molecular formula is C14H11N5O. The molecule has 0 aliphatic heterocycles. The highest BCUT2D eigenvalue weighted by Gasteiger charge is 2.16. The van der Waals surface area contributed by atoms with E-state index in [0.29, 0.717) is 22.5 Å². The van der Waals surface area contributed by atoms with E-state index in [0.717, 1.165) is 0 Å². The van der Waals surface area contributed by atoms with Crippen LogP contribution < -0.4 is 5.73 Å². The number of amides is 1. The fraction of sp³-hybridized carbons (Fsp3) is 0. The van der Waals surface area contributed by atoms with Gasteiger partial charge in [-0.15, -0.1) is 0 Å². The van der Waals surface area contributed by atoms with Crippen LogP contribution in [0.25, 0.3) is 16.9 Å². The molecule has 0 spiro atoms. The van der Waals surface area contributed by atoms with Crippen LogP contribution in [0.2, 0.25) is 0 Å². The summed E-state index contributed by atoms with van der Waals surface area (Å²) in [5, 5.41) is 4.09. The maximum absolute atomic E-state index is 11.7. The molecule has 0 saturated carbocycles. The molecular weight excluding hydrogens is 254 g/mol. The Balaban J connectivity index is 2.30. The summed E-state index contributed by atoms with van der Waals surface area (Å²) in [5.74, 6) is -0.567. The van der Waals surface area contributed by atoms with Crippen molar-refractivity contribution in [3.05, 3.63) is 60.8 Å². The molecule has 1 aromatic carbocycles. The van der Waals surface area contributed by atoms with Crippen LogP contribution in [0.1, 0.15) is 11.7 Å². The van der Waals surface area contributed by atoms with Gasteiger partial charge in [-0.25, -0.2) is 14.6 Å². The summed E-state index contributed by atoms with van der Waals surface area (Å²) in [6, 6.07) is 7.13. The fourth-order valence-electron chi connectivity index (χ4n) is 2.00. The highest BCUT2D eigenvalue weighted by Crippen LogP contribution is 2.27. The molecule has 2 N–H and O–H groups in total. The van der Waals surface area contributed by atoms with E-state index in [1.54, 1.807) is 24.4 Å². The van der Waals surface area contributed by atoms with E-state index in [-0.39, 0.29) is 6.04 Å². The molecule has 0 unspecified atom stereocenters. The SMILES string of the molecule is [2H]c1cnn(-c2c(C(N)=O)cccc2-c2ccncn2)c1. The van der Waals surface area contributed by atoms with Gasteiger partial charge in [0.25, 0.3) is 5.91 Å². The average molecular weight is 266 g/mol. The van der Waals surface area contributed by atoms with Crippen LogP contribution in [-0.4, -0.2) is 25.7 Å². The lowest BCUT2D eigenvalue weighted by molar-refractivity contribution is 0.1000. The van der Waals surface area contributed by atoms with Crippen LogP contribution in [0.5, 0.6) is 0 Å². The van der Waals surface area contributed by atoms with E-state index in [4.69, 9.17) is 7.10 Å². The number of primary amides is 1. The first-order valence-corrected chi connectivity index (χ1v) is 5.87. The van der Waals surface area contributed by atoms with E-state index in [1.165, 1.54) is 23.4 Å². The monoisotopic (exact) mass is 266 g/mol. The van der Waals surface area contributed by atoms with E-state index in [1.807, 2.05) is 6.07 Å². The van der Waals surface area contributed by atoms with Gasteiger partial charge < -0.3 is 5.73 Å². The molecule has 0 bridgehead atoms. The second-order valence-corrected chi connectivity index (χ2v) is 4.05. The van der Waals surface area contributed by atoms with Gasteiger partial charge in [0.2, 0.25) is 0 Å². The Bertz CT molecular complexity index is 800. The maximum atomic E-state index is 11.7. The van der Waals surface area contributed by atoms with E-state index in [2.05, 4.69) is 15.1 Å². The Morgan fingerprint density at radius 3 is 2.85 bits per heavy atom. The lowest BCUT2D eigenvalue weighted by Crippen LogP contribution is -2.15. The van der Waals surface area contributed by atoms with Crippen molar-refractivity contribution >= 4 is 5.91 Å². The van der Waals surface area contributed by atoms with Gasteiger partial charge in [-0.1, -0.05) is 12.1 Å². The van der Waals surface area contributed by atoms with Crippen LogP contribution in [0.15, 0.2) is 55.2 Å². The summed E-state index contributed by atoms with van der Waals surface area (Å²) < 4.78 is 9.05. The van der Waals surface area contributed by atoms with Gasteiger partial charge in [-0.3, -0.25) is 4.79 Å². The summed E-state index contributed by atoms with van der Waals surface area (Å²) in [6.45, 7) is 0. The Hall–Kier alpha value is -3.02. The van der Waals surface area contributed by atoms with Crippen LogP contribution >= 0.6 is 0 Å². The number of carbonyl (C=O) groups is 1. The van der Waals surface area contributed by atoms with Crippen molar-refractivity contribution in [1.29, 1.82) is 0 Å². The smallest absolute Gasteiger partial charge is 0.250 e. The topological polar surface area (TPSA) is 86.7 Å². The van der Waals surface area contributed by atoms with Crippen molar-refractivity contribution < 1.29 is 6.17 Å². The van der Waals surface area contributed by atoms with Gasteiger partial charge in [-0.2, -0.15) is 5.10 Å². The second-order valence-electron chi connectivity index (χ2n) is 4.05. The van der Waals surface area contributed by atoms with Gasteiger partial charge in [0.15, 0.2) is 0 Å². The van der Waals surface area contributed by atoms with Crippen molar-refractivity contribution in [1.82, 2.24) is 19.7 Å². The van der Waals surface area contributed by atoms with Crippen molar-refractivity contribution in [3.8, 4) is 16.9 Å². The first-order chi connectivity index (χ1) is 10.2. The van der Waals surface area contributed by atoms with E-state index < -0.39 is 5.91 Å². The molecule has 0 aliphatic rings. The molecule has 0 radical (unpaired) electrons. The Kier molecular flexibility index (Phi) is 2.68. The number of rotatable bonds is 3. The summed E-state index contributed by atoms with van der Waals surface area (Å²) >= 11 is 0. The van der Waals surface area contributed by atoms with Gasteiger partial charge in [0.05, 0.1) is 18.3 Å². The zero-order valence-electron chi connectivity index (χ0n) is 11.4. The number of hydrogen-bond donors (Lipinski definition) is 1. The van der Waals surface area contributed by atoms with E-state index in [9.17, 15) is 4.79 Å². The molecule has 0 atom stereocenters. The lowest BCUT2D eigenvalue weighted by atomic mass is 10.0. The molecule has 20 heavy (non-hydrogen) atoms. The number of carbonyl (C=O) groups excluding carboxylic acids is 1. The molecule has 3 rings (SSSR count). The largest absolute Gasteiger partial charge is 0.366 e. The maximum Gasteiger partial charge on any atom is 0.250 e. The third kappa shape index (κ3) is 2.03. The highest BCUT2D eigenvalue weighted by atomic mass is 16.1. The van der Waals surface area contributed by atoms with Crippen molar-refractivity contribution in [2.45, 2.75) is 0 Å². The normalized spacial score (nSPS) is 11.1. The Morgan fingerprint density at radius 2 is 2.20 bits per heavy atom. The summed E-state index contributed by atoms with van der Waals surface area (Å²) in [5.41, 5.74) is 7.60. The minimum absolute atomic E-state index is 0.239. The summed E-state index contributed by atoms with van der Waals surface area (Å²) in [4.78, 5) is 19.8. The molecule has 2 aromatic heterocycles. The zero-order chi connectivity index (χ0) is 14.8. The molecule has 0 fully saturated rings. The zero-order valence-corrected chi connectivity index (χ0v) is 10.4. The Morgan fingerprint density at radius 1 is 1.30 bits per heavy atom. The van der Waals surface area contributed by atoms with Gasteiger partial charge in [0, 0.05) is 24.2 Å². The number of para-hydroxylation sites is 1.